The number of carbonyl (C=O) groups is 2. The van der Waals surface area contributed by atoms with Crippen LogP contribution in [0.1, 0.15) is 20.3 Å². The number of carbonyl (C=O) groups excluding carboxylic acids is 2. The zero-order valence-corrected chi connectivity index (χ0v) is 13.9. The van der Waals surface area contributed by atoms with Gasteiger partial charge in [0.2, 0.25) is 11.8 Å². The van der Waals surface area contributed by atoms with Crippen LogP contribution in [0.4, 0.5) is 5.69 Å². The quantitative estimate of drug-likeness (QED) is 0.865. The molecule has 0 saturated carbocycles. The molecule has 2 rings (SSSR count). The Bertz CT molecular complexity index is 540. The zero-order chi connectivity index (χ0) is 16.7. The fourth-order valence-electron chi connectivity index (χ4n) is 2.63. The molecular weight excluding hydrogens is 294 g/mol. The van der Waals surface area contributed by atoms with E-state index in [-0.39, 0.29) is 11.8 Å². The molecule has 23 heavy (non-hydrogen) atoms. The number of piperazine rings is 1. The average molecular weight is 319 g/mol. The van der Waals surface area contributed by atoms with Gasteiger partial charge >= 0.3 is 0 Å². The molecule has 0 spiro atoms. The Morgan fingerprint density at radius 3 is 2.43 bits per heavy atom. The number of rotatable bonds is 6. The molecule has 0 radical (unpaired) electrons. The van der Waals surface area contributed by atoms with Crippen molar-refractivity contribution >= 4 is 17.5 Å². The third kappa shape index (κ3) is 4.87. The van der Waals surface area contributed by atoms with Crippen LogP contribution in [0.2, 0.25) is 0 Å². The van der Waals surface area contributed by atoms with Crippen LogP contribution in [0, 0.1) is 0 Å². The van der Waals surface area contributed by atoms with Crippen LogP contribution in [-0.2, 0) is 9.59 Å². The first-order valence-corrected chi connectivity index (χ1v) is 8.10. The number of hydrogen-bond donors (Lipinski definition) is 1. The molecule has 1 aromatic carbocycles. The Morgan fingerprint density at radius 2 is 1.78 bits per heavy atom. The van der Waals surface area contributed by atoms with Crippen molar-refractivity contribution < 1.29 is 14.3 Å². The molecule has 0 aromatic heterocycles. The molecule has 6 heteroatoms. The van der Waals surface area contributed by atoms with E-state index in [1.165, 1.54) is 0 Å². The monoisotopic (exact) mass is 319 g/mol. The molecule has 1 N–H and O–H groups in total. The van der Waals surface area contributed by atoms with E-state index in [2.05, 4.69) is 5.32 Å². The maximum atomic E-state index is 12.2. The molecule has 6 nitrogen and oxygen atoms in total. The van der Waals surface area contributed by atoms with Crippen molar-refractivity contribution in [2.24, 2.45) is 0 Å². The summed E-state index contributed by atoms with van der Waals surface area (Å²) in [4.78, 5) is 27.1. The Labute approximate surface area is 137 Å². The maximum Gasteiger partial charge on any atom is 0.224 e. The number of nitrogens with one attached hydrogen (secondary N) is 1. The van der Waals surface area contributed by atoms with Crippen molar-refractivity contribution in [2.45, 2.75) is 20.3 Å². The summed E-state index contributed by atoms with van der Waals surface area (Å²) in [5.41, 5.74) is 0.906. The molecular formula is C17H25N3O3. The second-order valence-electron chi connectivity index (χ2n) is 5.49. The van der Waals surface area contributed by atoms with Gasteiger partial charge in [-0.1, -0.05) is 12.1 Å². The topological polar surface area (TPSA) is 61.9 Å². The van der Waals surface area contributed by atoms with E-state index in [0.29, 0.717) is 45.8 Å². The highest BCUT2D eigenvalue weighted by atomic mass is 16.5. The molecule has 1 fully saturated rings. The van der Waals surface area contributed by atoms with Gasteiger partial charge in [0.1, 0.15) is 5.75 Å². The molecule has 2 amide bonds. The van der Waals surface area contributed by atoms with Crippen LogP contribution in [-0.4, -0.2) is 60.9 Å². The lowest BCUT2D eigenvalue weighted by molar-refractivity contribution is -0.138. The van der Waals surface area contributed by atoms with Gasteiger partial charge in [0, 0.05) is 46.1 Å². The molecule has 0 aliphatic carbocycles. The van der Waals surface area contributed by atoms with Gasteiger partial charge in [-0.15, -0.1) is 0 Å². The molecule has 1 aliphatic rings. The number of amides is 2. The van der Waals surface area contributed by atoms with Gasteiger partial charge in [-0.25, -0.2) is 0 Å². The largest absolute Gasteiger partial charge is 0.492 e. The number of nitrogens with zero attached hydrogens (tertiary/aromatic N) is 2. The summed E-state index contributed by atoms with van der Waals surface area (Å²) < 4.78 is 5.55. The lowest BCUT2D eigenvalue weighted by atomic mass is 10.2. The Morgan fingerprint density at radius 1 is 1.13 bits per heavy atom. The first kappa shape index (κ1) is 17.1. The van der Waals surface area contributed by atoms with Crippen molar-refractivity contribution in [3.63, 3.8) is 0 Å². The summed E-state index contributed by atoms with van der Waals surface area (Å²) in [6, 6.07) is 7.72. The highest BCUT2D eigenvalue weighted by Gasteiger charge is 2.21. The van der Waals surface area contributed by atoms with Crippen LogP contribution < -0.4 is 10.1 Å². The molecule has 1 aromatic rings. The zero-order valence-electron chi connectivity index (χ0n) is 13.9. The molecule has 126 valence electrons. The van der Waals surface area contributed by atoms with E-state index >= 15 is 0 Å². The summed E-state index contributed by atoms with van der Waals surface area (Å²) in [6.07, 6.45) is 0.431. The normalized spacial score (nSPS) is 14.5. The highest BCUT2D eigenvalue weighted by Crippen LogP contribution is 2.23. The molecule has 0 atom stereocenters. The Hall–Kier alpha value is -2.24. The van der Waals surface area contributed by atoms with Crippen molar-refractivity contribution in [2.75, 3.05) is 44.6 Å². The average Bonchev–Trinajstić information content (AvgIpc) is 2.56. The fourth-order valence-corrected chi connectivity index (χ4v) is 2.63. The minimum atomic E-state index is 0.0753. The number of hydrogen-bond acceptors (Lipinski definition) is 4. The van der Waals surface area contributed by atoms with Gasteiger partial charge in [-0.05, 0) is 19.1 Å². The van der Waals surface area contributed by atoms with E-state index in [1.54, 1.807) is 11.8 Å². The first-order valence-electron chi connectivity index (χ1n) is 8.10. The van der Waals surface area contributed by atoms with E-state index in [4.69, 9.17) is 4.74 Å². The van der Waals surface area contributed by atoms with Gasteiger partial charge in [-0.2, -0.15) is 0 Å². The van der Waals surface area contributed by atoms with Crippen LogP contribution >= 0.6 is 0 Å². The molecule has 0 unspecified atom stereocenters. The van der Waals surface area contributed by atoms with Gasteiger partial charge in [0.25, 0.3) is 0 Å². The van der Waals surface area contributed by atoms with Gasteiger partial charge < -0.3 is 19.9 Å². The van der Waals surface area contributed by atoms with Crippen LogP contribution in [0.15, 0.2) is 24.3 Å². The summed E-state index contributed by atoms with van der Waals surface area (Å²) in [7, 11) is 0. The standard InChI is InChI=1S/C17H25N3O3/c1-3-23-16-7-5-4-6-15(16)18-9-8-17(22)20-12-10-19(11-13-20)14(2)21/h4-7,18H,3,8-13H2,1-2H3. The van der Waals surface area contributed by atoms with Gasteiger partial charge in [0.15, 0.2) is 0 Å². The van der Waals surface area contributed by atoms with Gasteiger partial charge in [-0.3, -0.25) is 9.59 Å². The van der Waals surface area contributed by atoms with Crippen molar-refractivity contribution in [1.82, 2.24) is 9.80 Å². The molecule has 1 aliphatic heterocycles. The first-order chi connectivity index (χ1) is 11.1. The van der Waals surface area contributed by atoms with Crippen molar-refractivity contribution in [3.05, 3.63) is 24.3 Å². The maximum absolute atomic E-state index is 12.2. The third-order valence-electron chi connectivity index (χ3n) is 3.92. The highest BCUT2D eigenvalue weighted by molar-refractivity contribution is 5.78. The Kier molecular flexibility index (Phi) is 6.26. The van der Waals surface area contributed by atoms with Crippen LogP contribution in [0.25, 0.3) is 0 Å². The molecule has 0 bridgehead atoms. The lowest BCUT2D eigenvalue weighted by Gasteiger charge is -2.34. The van der Waals surface area contributed by atoms with Crippen LogP contribution in [0.3, 0.4) is 0 Å². The smallest absolute Gasteiger partial charge is 0.224 e. The lowest BCUT2D eigenvalue weighted by Crippen LogP contribution is -2.50. The second kappa shape index (κ2) is 8.41. The molecule has 1 heterocycles. The SMILES string of the molecule is CCOc1ccccc1NCCC(=O)N1CCN(C(C)=O)CC1. The molecule has 1 saturated heterocycles. The number of anilines is 1. The van der Waals surface area contributed by atoms with E-state index in [1.807, 2.05) is 36.1 Å². The van der Waals surface area contributed by atoms with Gasteiger partial charge in [0.05, 0.1) is 12.3 Å². The third-order valence-corrected chi connectivity index (χ3v) is 3.92. The van der Waals surface area contributed by atoms with E-state index in [9.17, 15) is 9.59 Å². The van der Waals surface area contributed by atoms with E-state index in [0.717, 1.165) is 11.4 Å². The summed E-state index contributed by atoms with van der Waals surface area (Å²) in [5, 5.41) is 3.26. The van der Waals surface area contributed by atoms with E-state index < -0.39 is 0 Å². The Balaban J connectivity index is 1.76. The number of para-hydroxylation sites is 2. The van der Waals surface area contributed by atoms with Crippen molar-refractivity contribution in [1.29, 1.82) is 0 Å². The second-order valence-corrected chi connectivity index (χ2v) is 5.49. The fraction of sp³-hybridized carbons (Fsp3) is 0.529. The summed E-state index contributed by atoms with van der Waals surface area (Å²) in [5.74, 6) is 0.999. The predicted molar refractivity (Wildman–Crippen MR) is 89.6 cm³/mol. The number of ether oxygens (including phenoxy) is 1. The summed E-state index contributed by atoms with van der Waals surface area (Å²) in [6.45, 7) is 7.18. The minimum absolute atomic E-state index is 0.0753. The minimum Gasteiger partial charge on any atom is -0.492 e. The predicted octanol–water partition coefficient (Wildman–Crippen LogP) is 1.58. The number of benzene rings is 1. The van der Waals surface area contributed by atoms with Crippen molar-refractivity contribution in [3.8, 4) is 5.75 Å². The van der Waals surface area contributed by atoms with Crippen LogP contribution in [0.5, 0.6) is 5.75 Å². The summed E-state index contributed by atoms with van der Waals surface area (Å²) >= 11 is 0.